The van der Waals surface area contributed by atoms with Crippen LogP contribution in [0.1, 0.15) is 58.3 Å². The second kappa shape index (κ2) is 9.02. The quantitative estimate of drug-likeness (QED) is 0.275. The molecule has 2 heterocycles. The van der Waals surface area contributed by atoms with Crippen LogP contribution in [0.5, 0.6) is 11.5 Å². The first-order valence-corrected chi connectivity index (χ1v) is 12.3. The van der Waals surface area contributed by atoms with E-state index in [1.165, 1.54) is 12.1 Å². The molecule has 2 aliphatic heterocycles. The van der Waals surface area contributed by atoms with Gasteiger partial charge in [0.1, 0.15) is 11.9 Å². The zero-order chi connectivity index (χ0) is 25.5. The third-order valence-electron chi connectivity index (χ3n) is 5.39. The Bertz CT molecular complexity index is 1250. The van der Waals surface area contributed by atoms with Gasteiger partial charge in [0.05, 0.1) is 11.1 Å². The molecule has 2 aliphatic rings. The highest BCUT2D eigenvalue weighted by Crippen LogP contribution is 2.53. The second-order valence-corrected chi connectivity index (χ2v) is 9.90. The van der Waals surface area contributed by atoms with Crippen LogP contribution in [0, 0.1) is 0 Å². The van der Waals surface area contributed by atoms with Gasteiger partial charge in [-0.2, -0.15) is 21.6 Å². The molecule has 1 N–H and O–H groups in total. The summed E-state index contributed by atoms with van der Waals surface area (Å²) in [5.41, 5.74) is -1.68. The van der Waals surface area contributed by atoms with Crippen molar-refractivity contribution in [2.24, 2.45) is 0 Å². The number of fused-ring (bicyclic) bond motifs is 5. The van der Waals surface area contributed by atoms with Crippen molar-refractivity contribution in [1.82, 2.24) is 0 Å². The predicted molar refractivity (Wildman–Crippen MR) is 128 cm³/mol. The number of allylic oxidation sites excluding steroid dienone is 1. The minimum atomic E-state index is -5.85. The van der Waals surface area contributed by atoms with E-state index in [0.717, 1.165) is 22.4 Å². The standard InChI is InChI=1S/C23H22F3NO4S.C2H6/c1-5-7-16-21-14(10-11-15-19(21)13(2)12-22(3,4)27-15)20-17(30-16)8-6-9-18(20)31-32(28,29)23(24,25)26;1-2/h5-6,8-12,16,27H,1,7H2,2-4H3;1-2H3. The van der Waals surface area contributed by atoms with E-state index in [9.17, 15) is 21.6 Å². The number of nitrogens with one attached hydrogen (secondary N) is 1. The molecule has 4 rings (SSSR count). The van der Waals surface area contributed by atoms with E-state index in [1.807, 2.05) is 40.7 Å². The van der Waals surface area contributed by atoms with E-state index in [4.69, 9.17) is 4.74 Å². The normalized spacial score (nSPS) is 17.9. The number of ether oxygens (including phenoxy) is 1. The van der Waals surface area contributed by atoms with Gasteiger partial charge in [-0.25, -0.2) is 0 Å². The predicted octanol–water partition coefficient (Wildman–Crippen LogP) is 7.23. The minimum Gasteiger partial charge on any atom is -0.485 e. The molecule has 0 aliphatic carbocycles. The molecular weight excluding hydrogens is 467 g/mol. The van der Waals surface area contributed by atoms with Gasteiger partial charge < -0.3 is 14.2 Å². The molecule has 2 aromatic carbocycles. The van der Waals surface area contributed by atoms with Crippen LogP contribution < -0.4 is 14.2 Å². The monoisotopic (exact) mass is 495 g/mol. The first-order chi connectivity index (χ1) is 15.8. The molecule has 9 heteroatoms. The topological polar surface area (TPSA) is 64.6 Å². The van der Waals surface area contributed by atoms with Crippen LogP contribution in [-0.2, 0) is 10.1 Å². The molecule has 2 aromatic rings. The zero-order valence-corrected chi connectivity index (χ0v) is 20.5. The van der Waals surface area contributed by atoms with Gasteiger partial charge in [-0.1, -0.05) is 38.1 Å². The summed E-state index contributed by atoms with van der Waals surface area (Å²) < 4.78 is 73.1. The Kier molecular flexibility index (Phi) is 6.81. The van der Waals surface area contributed by atoms with Crippen LogP contribution in [0.25, 0.3) is 16.7 Å². The lowest BCUT2D eigenvalue weighted by molar-refractivity contribution is -0.0500. The van der Waals surface area contributed by atoms with E-state index < -0.39 is 27.5 Å². The van der Waals surface area contributed by atoms with Gasteiger partial charge >= 0.3 is 15.6 Å². The summed E-state index contributed by atoms with van der Waals surface area (Å²) >= 11 is 0. The van der Waals surface area contributed by atoms with Gasteiger partial charge in [-0.3, -0.25) is 0 Å². The number of rotatable bonds is 4. The maximum atomic E-state index is 13.0. The van der Waals surface area contributed by atoms with Crippen molar-refractivity contribution in [2.45, 2.75) is 58.2 Å². The van der Waals surface area contributed by atoms with Crippen LogP contribution in [0.4, 0.5) is 18.9 Å². The molecule has 0 fully saturated rings. The van der Waals surface area contributed by atoms with E-state index in [2.05, 4.69) is 22.2 Å². The van der Waals surface area contributed by atoms with Crippen molar-refractivity contribution in [1.29, 1.82) is 0 Å². The van der Waals surface area contributed by atoms with E-state index in [1.54, 1.807) is 18.2 Å². The molecule has 0 bridgehead atoms. The lowest BCUT2D eigenvalue weighted by Gasteiger charge is -2.37. The average Bonchev–Trinajstić information content (AvgIpc) is 2.73. The molecule has 0 radical (unpaired) electrons. The molecule has 34 heavy (non-hydrogen) atoms. The highest BCUT2D eigenvalue weighted by Gasteiger charge is 2.49. The first kappa shape index (κ1) is 25.7. The van der Waals surface area contributed by atoms with Crippen molar-refractivity contribution in [3.8, 4) is 22.6 Å². The van der Waals surface area contributed by atoms with Crippen LogP contribution in [0.2, 0.25) is 0 Å². The fourth-order valence-electron chi connectivity index (χ4n) is 4.34. The maximum absolute atomic E-state index is 13.0. The number of anilines is 1. The molecule has 0 saturated heterocycles. The van der Waals surface area contributed by atoms with Crippen LogP contribution >= 0.6 is 0 Å². The molecule has 1 atom stereocenters. The maximum Gasteiger partial charge on any atom is 0.534 e. The van der Waals surface area contributed by atoms with E-state index in [-0.39, 0.29) is 16.9 Å². The van der Waals surface area contributed by atoms with Crippen LogP contribution in [-0.4, -0.2) is 19.5 Å². The van der Waals surface area contributed by atoms with Crippen LogP contribution in [0.3, 0.4) is 0 Å². The Morgan fingerprint density at radius 3 is 2.47 bits per heavy atom. The highest BCUT2D eigenvalue weighted by molar-refractivity contribution is 7.88. The van der Waals surface area contributed by atoms with E-state index in [0.29, 0.717) is 12.0 Å². The molecular formula is C25H28F3NO4S. The van der Waals surface area contributed by atoms with Crippen LogP contribution in [0.15, 0.2) is 49.1 Å². The van der Waals surface area contributed by atoms with Gasteiger partial charge in [-0.15, -0.1) is 6.58 Å². The average molecular weight is 496 g/mol. The third kappa shape index (κ3) is 4.53. The second-order valence-electron chi connectivity index (χ2n) is 8.37. The summed E-state index contributed by atoms with van der Waals surface area (Å²) in [6.07, 6.45) is 3.76. The van der Waals surface area contributed by atoms with Gasteiger partial charge in [0, 0.05) is 23.2 Å². The minimum absolute atomic E-state index is 0.163. The van der Waals surface area contributed by atoms with Crippen molar-refractivity contribution >= 4 is 21.4 Å². The SMILES string of the molecule is C=CCC1Oc2cccc(OS(=O)(=O)C(F)(F)F)c2-c2ccc3c(c21)C(C)=CC(C)(C)N3.CC. The summed E-state index contributed by atoms with van der Waals surface area (Å²) in [6.45, 7) is 13.8. The van der Waals surface area contributed by atoms with Gasteiger partial charge in [0.15, 0.2) is 5.75 Å². The largest absolute Gasteiger partial charge is 0.534 e. The molecule has 0 saturated carbocycles. The summed E-state index contributed by atoms with van der Waals surface area (Å²) in [7, 11) is -5.85. The molecule has 184 valence electrons. The Balaban J connectivity index is 0.00000158. The molecule has 1 unspecified atom stereocenters. The molecule has 0 amide bonds. The van der Waals surface area contributed by atoms with Crippen molar-refractivity contribution in [3.63, 3.8) is 0 Å². The van der Waals surface area contributed by atoms with Gasteiger partial charge in [0.2, 0.25) is 0 Å². The smallest absolute Gasteiger partial charge is 0.485 e. The van der Waals surface area contributed by atoms with Crippen molar-refractivity contribution in [2.75, 3.05) is 5.32 Å². The van der Waals surface area contributed by atoms with Gasteiger partial charge in [-0.05, 0) is 50.1 Å². The zero-order valence-electron chi connectivity index (χ0n) is 19.7. The molecule has 5 nitrogen and oxygen atoms in total. The third-order valence-corrected chi connectivity index (χ3v) is 6.35. The summed E-state index contributed by atoms with van der Waals surface area (Å²) in [6, 6.07) is 7.74. The highest BCUT2D eigenvalue weighted by atomic mass is 32.2. The summed E-state index contributed by atoms with van der Waals surface area (Å²) in [4.78, 5) is 0. The molecule has 0 spiro atoms. The first-order valence-electron chi connectivity index (χ1n) is 10.9. The lowest BCUT2D eigenvalue weighted by atomic mass is 9.81. The Morgan fingerprint density at radius 2 is 1.85 bits per heavy atom. The Labute approximate surface area is 198 Å². The van der Waals surface area contributed by atoms with Crippen molar-refractivity contribution < 1.29 is 30.5 Å². The summed E-state index contributed by atoms with van der Waals surface area (Å²) in [5, 5.41) is 3.44. The number of hydrogen-bond donors (Lipinski definition) is 1. The Hall–Kier alpha value is -2.94. The number of benzene rings is 2. The number of hydrogen-bond acceptors (Lipinski definition) is 5. The van der Waals surface area contributed by atoms with Gasteiger partial charge in [0.25, 0.3) is 0 Å². The lowest BCUT2D eigenvalue weighted by Crippen LogP contribution is -2.32. The fraction of sp³-hybridized carbons (Fsp3) is 0.360. The molecule has 0 aromatic heterocycles. The Morgan fingerprint density at radius 1 is 1.18 bits per heavy atom. The van der Waals surface area contributed by atoms with Crippen molar-refractivity contribution in [3.05, 3.63) is 60.2 Å². The number of halogens is 3. The number of alkyl halides is 3. The van der Waals surface area contributed by atoms with E-state index >= 15 is 0 Å². The summed E-state index contributed by atoms with van der Waals surface area (Å²) in [5.74, 6) is -0.200. The fourth-order valence-corrected chi connectivity index (χ4v) is 4.81.